The van der Waals surface area contributed by atoms with Crippen LogP contribution in [0.15, 0.2) is 0 Å². The highest BCUT2D eigenvalue weighted by Gasteiger charge is 2.21. The molecule has 0 aliphatic carbocycles. The van der Waals surface area contributed by atoms with Gasteiger partial charge in [0.1, 0.15) is 0 Å². The minimum absolute atomic E-state index is 0.0125. The monoisotopic (exact) mass is 309 g/mol. The zero-order valence-corrected chi connectivity index (χ0v) is 13.1. The molecule has 8 nitrogen and oxygen atoms in total. The molecule has 0 heterocycles. The average molecular weight is 309 g/mol. The summed E-state index contributed by atoms with van der Waals surface area (Å²) in [5, 5.41) is 13.6. The number of nitrogens with one attached hydrogen (secondary N) is 2. The number of carbonyl (C=O) groups excluding carboxylic acids is 1. The first-order valence-corrected chi connectivity index (χ1v) is 7.75. The summed E-state index contributed by atoms with van der Waals surface area (Å²) in [7, 11) is -0.504. The van der Waals surface area contributed by atoms with Crippen LogP contribution >= 0.6 is 0 Å². The molecule has 0 spiro atoms. The summed E-state index contributed by atoms with van der Waals surface area (Å²) in [4.78, 5) is 22.1. The third kappa shape index (κ3) is 7.95. The highest BCUT2D eigenvalue weighted by molar-refractivity contribution is 7.89. The molecule has 0 saturated heterocycles. The summed E-state index contributed by atoms with van der Waals surface area (Å²) in [6.07, 6.45) is 0.230. The van der Waals surface area contributed by atoms with Gasteiger partial charge in [-0.3, -0.25) is 4.79 Å². The molecule has 0 fully saturated rings. The van der Waals surface area contributed by atoms with Crippen LogP contribution in [-0.2, 0) is 14.8 Å². The second-order valence-corrected chi connectivity index (χ2v) is 7.56. The number of urea groups is 1. The van der Waals surface area contributed by atoms with E-state index in [-0.39, 0.29) is 25.1 Å². The summed E-state index contributed by atoms with van der Waals surface area (Å²) in [5.74, 6) is -1.12. The molecule has 0 aliphatic rings. The Morgan fingerprint density at radius 3 is 2.25 bits per heavy atom. The van der Waals surface area contributed by atoms with E-state index in [0.717, 1.165) is 4.31 Å². The molecule has 0 aromatic rings. The van der Waals surface area contributed by atoms with Crippen LogP contribution in [0.4, 0.5) is 4.79 Å². The van der Waals surface area contributed by atoms with E-state index < -0.39 is 27.6 Å². The molecular weight excluding hydrogens is 286 g/mol. The van der Waals surface area contributed by atoms with Crippen molar-refractivity contribution >= 4 is 22.0 Å². The van der Waals surface area contributed by atoms with Gasteiger partial charge in [-0.2, -0.15) is 0 Å². The maximum absolute atomic E-state index is 11.6. The number of rotatable bonds is 8. The number of hydrogen-bond acceptors (Lipinski definition) is 4. The smallest absolute Gasteiger partial charge is 0.315 e. The summed E-state index contributed by atoms with van der Waals surface area (Å²) >= 11 is 0. The van der Waals surface area contributed by atoms with E-state index in [1.165, 1.54) is 14.1 Å². The van der Waals surface area contributed by atoms with Crippen LogP contribution in [0.2, 0.25) is 0 Å². The van der Waals surface area contributed by atoms with Crippen LogP contribution in [-0.4, -0.2) is 61.8 Å². The van der Waals surface area contributed by atoms with Crippen molar-refractivity contribution in [2.45, 2.75) is 32.2 Å². The van der Waals surface area contributed by atoms with Crippen molar-refractivity contribution in [2.75, 3.05) is 26.4 Å². The molecule has 0 bridgehead atoms. The zero-order chi connectivity index (χ0) is 16.0. The Morgan fingerprint density at radius 1 is 1.25 bits per heavy atom. The van der Waals surface area contributed by atoms with Gasteiger partial charge in [0.05, 0.1) is 5.75 Å². The second-order valence-electron chi connectivity index (χ2n) is 5.26. The first-order chi connectivity index (χ1) is 8.96. The SMILES string of the molecule is CN(C)S(=O)(=O)CCNC(=O)NC(C)(C)CCC(=O)O. The number of nitrogens with zero attached hydrogens (tertiary/aromatic N) is 1. The van der Waals surface area contributed by atoms with Gasteiger partial charge in [0.25, 0.3) is 0 Å². The first-order valence-electron chi connectivity index (χ1n) is 6.14. The van der Waals surface area contributed by atoms with E-state index in [1.54, 1.807) is 13.8 Å². The molecule has 0 aliphatic heterocycles. The minimum atomic E-state index is -3.35. The van der Waals surface area contributed by atoms with E-state index in [2.05, 4.69) is 10.6 Å². The number of carboxylic acid groups (broad SMARTS) is 1. The first kappa shape index (κ1) is 18.7. The molecule has 0 aromatic carbocycles. The number of carbonyl (C=O) groups is 2. The highest BCUT2D eigenvalue weighted by Crippen LogP contribution is 2.10. The molecule has 118 valence electrons. The molecule has 0 unspecified atom stereocenters. The summed E-state index contributed by atoms with van der Waals surface area (Å²) in [5.41, 5.74) is -0.678. The van der Waals surface area contributed by atoms with Crippen molar-refractivity contribution in [3.05, 3.63) is 0 Å². The maximum Gasteiger partial charge on any atom is 0.315 e. The number of carboxylic acids is 1. The Labute approximate surface area is 119 Å². The van der Waals surface area contributed by atoms with Crippen molar-refractivity contribution in [2.24, 2.45) is 0 Å². The van der Waals surface area contributed by atoms with Crippen LogP contribution < -0.4 is 10.6 Å². The van der Waals surface area contributed by atoms with Crippen LogP contribution in [0, 0.1) is 0 Å². The van der Waals surface area contributed by atoms with Crippen LogP contribution in [0.5, 0.6) is 0 Å². The van der Waals surface area contributed by atoms with E-state index in [9.17, 15) is 18.0 Å². The fourth-order valence-corrected chi connectivity index (χ4v) is 2.03. The summed E-state index contributed by atoms with van der Waals surface area (Å²) in [6.45, 7) is 3.39. The van der Waals surface area contributed by atoms with Gasteiger partial charge in [0.15, 0.2) is 0 Å². The number of hydrogen-bond donors (Lipinski definition) is 3. The van der Waals surface area contributed by atoms with Crippen molar-refractivity contribution in [1.82, 2.24) is 14.9 Å². The number of amides is 2. The molecule has 2 amide bonds. The average Bonchev–Trinajstić information content (AvgIpc) is 2.25. The molecule has 9 heteroatoms. The largest absolute Gasteiger partial charge is 0.481 e. The van der Waals surface area contributed by atoms with Gasteiger partial charge in [-0.05, 0) is 20.3 Å². The quantitative estimate of drug-likeness (QED) is 0.575. The second kappa shape index (κ2) is 7.44. The number of aliphatic carboxylic acids is 1. The zero-order valence-electron chi connectivity index (χ0n) is 12.3. The van der Waals surface area contributed by atoms with Gasteiger partial charge < -0.3 is 15.7 Å². The molecule has 20 heavy (non-hydrogen) atoms. The molecule has 0 rings (SSSR count). The van der Waals surface area contributed by atoms with E-state index in [1.807, 2.05) is 0 Å². The Bertz CT molecular complexity index is 445. The van der Waals surface area contributed by atoms with Crippen LogP contribution in [0.25, 0.3) is 0 Å². The van der Waals surface area contributed by atoms with E-state index in [0.29, 0.717) is 0 Å². The molecule has 0 aromatic heterocycles. The minimum Gasteiger partial charge on any atom is -0.481 e. The van der Waals surface area contributed by atoms with Gasteiger partial charge in [-0.1, -0.05) is 0 Å². The van der Waals surface area contributed by atoms with Crippen molar-refractivity contribution in [1.29, 1.82) is 0 Å². The normalized spacial score (nSPS) is 12.2. The lowest BCUT2D eigenvalue weighted by Gasteiger charge is -2.25. The lowest BCUT2D eigenvalue weighted by atomic mass is 9.99. The molecule has 0 radical (unpaired) electrons. The van der Waals surface area contributed by atoms with Crippen LogP contribution in [0.3, 0.4) is 0 Å². The topological polar surface area (TPSA) is 116 Å². The number of sulfonamides is 1. The van der Waals surface area contributed by atoms with Gasteiger partial charge in [0, 0.05) is 32.6 Å². The lowest BCUT2D eigenvalue weighted by Crippen LogP contribution is -2.49. The van der Waals surface area contributed by atoms with Crippen molar-refractivity contribution in [3.63, 3.8) is 0 Å². The fourth-order valence-electron chi connectivity index (χ4n) is 1.31. The standard InChI is InChI=1S/C11H23N3O5S/c1-11(2,6-5-9(15)16)13-10(17)12-7-8-20(18,19)14(3)4/h5-8H2,1-4H3,(H,15,16)(H2,12,13,17). The molecule has 0 saturated carbocycles. The van der Waals surface area contributed by atoms with Gasteiger partial charge in [-0.15, -0.1) is 0 Å². The molecule has 0 atom stereocenters. The van der Waals surface area contributed by atoms with Gasteiger partial charge in [0.2, 0.25) is 10.0 Å². The van der Waals surface area contributed by atoms with Crippen molar-refractivity contribution < 1.29 is 23.1 Å². The Balaban J connectivity index is 4.14. The highest BCUT2D eigenvalue weighted by atomic mass is 32.2. The Hall–Kier alpha value is -1.35. The molecular formula is C11H23N3O5S. The van der Waals surface area contributed by atoms with Crippen molar-refractivity contribution in [3.8, 4) is 0 Å². The lowest BCUT2D eigenvalue weighted by molar-refractivity contribution is -0.137. The molecule has 3 N–H and O–H groups in total. The predicted octanol–water partition coefficient (Wildman–Crippen LogP) is -0.180. The predicted molar refractivity (Wildman–Crippen MR) is 75.0 cm³/mol. The Morgan fingerprint density at radius 2 is 1.80 bits per heavy atom. The van der Waals surface area contributed by atoms with Gasteiger partial charge >= 0.3 is 12.0 Å². The summed E-state index contributed by atoms with van der Waals surface area (Å²) < 4.78 is 24.0. The van der Waals surface area contributed by atoms with Crippen LogP contribution in [0.1, 0.15) is 26.7 Å². The maximum atomic E-state index is 11.6. The van der Waals surface area contributed by atoms with E-state index >= 15 is 0 Å². The Kier molecular flexibility index (Phi) is 6.94. The summed E-state index contributed by atoms with van der Waals surface area (Å²) in [6, 6.07) is -0.519. The third-order valence-electron chi connectivity index (χ3n) is 2.62. The van der Waals surface area contributed by atoms with E-state index in [4.69, 9.17) is 5.11 Å². The van der Waals surface area contributed by atoms with Gasteiger partial charge in [-0.25, -0.2) is 17.5 Å². The third-order valence-corrected chi connectivity index (χ3v) is 4.45. The fraction of sp³-hybridized carbons (Fsp3) is 0.818.